The minimum absolute atomic E-state index is 0.495. The van der Waals surface area contributed by atoms with Gasteiger partial charge in [-0.05, 0) is 38.5 Å². The van der Waals surface area contributed by atoms with Gasteiger partial charge in [0.25, 0.3) is 0 Å². The van der Waals surface area contributed by atoms with Crippen LogP contribution in [0.5, 0.6) is 0 Å². The summed E-state index contributed by atoms with van der Waals surface area (Å²) in [7, 11) is 0. The SMILES string of the molecule is CCNC(=NCC1(O)CCCC1)NC1CCN(CC(C)C)CC1. The van der Waals surface area contributed by atoms with E-state index < -0.39 is 5.60 Å². The molecule has 1 aliphatic heterocycles. The smallest absolute Gasteiger partial charge is 0.191 e. The molecule has 0 aromatic carbocycles. The Morgan fingerprint density at radius 1 is 1.26 bits per heavy atom. The maximum atomic E-state index is 10.5. The number of rotatable bonds is 6. The summed E-state index contributed by atoms with van der Waals surface area (Å²) in [5.74, 6) is 1.61. The molecule has 1 heterocycles. The topological polar surface area (TPSA) is 59.9 Å². The number of likely N-dealkylation sites (tertiary alicyclic amines) is 1. The van der Waals surface area contributed by atoms with Crippen LogP contribution in [0.3, 0.4) is 0 Å². The lowest BCUT2D eigenvalue weighted by molar-refractivity contribution is 0.0573. The molecule has 3 N–H and O–H groups in total. The van der Waals surface area contributed by atoms with Crippen molar-refractivity contribution in [1.29, 1.82) is 0 Å². The molecule has 1 aliphatic carbocycles. The third-order valence-corrected chi connectivity index (χ3v) is 4.96. The van der Waals surface area contributed by atoms with Gasteiger partial charge < -0.3 is 20.6 Å². The maximum absolute atomic E-state index is 10.5. The van der Waals surface area contributed by atoms with Crippen LogP contribution in [0.4, 0.5) is 0 Å². The number of nitrogens with zero attached hydrogens (tertiary/aromatic N) is 2. The highest BCUT2D eigenvalue weighted by molar-refractivity contribution is 5.80. The van der Waals surface area contributed by atoms with Gasteiger partial charge in [-0.15, -0.1) is 0 Å². The van der Waals surface area contributed by atoms with Crippen LogP contribution >= 0.6 is 0 Å². The van der Waals surface area contributed by atoms with E-state index in [2.05, 4.69) is 41.3 Å². The molecule has 2 aliphatic rings. The van der Waals surface area contributed by atoms with Crippen molar-refractivity contribution in [1.82, 2.24) is 15.5 Å². The molecule has 0 unspecified atom stereocenters. The summed E-state index contributed by atoms with van der Waals surface area (Å²) < 4.78 is 0. The predicted molar refractivity (Wildman–Crippen MR) is 96.8 cm³/mol. The van der Waals surface area contributed by atoms with Gasteiger partial charge in [0.05, 0.1) is 12.1 Å². The van der Waals surface area contributed by atoms with Gasteiger partial charge in [-0.1, -0.05) is 26.7 Å². The zero-order valence-corrected chi connectivity index (χ0v) is 15.3. The van der Waals surface area contributed by atoms with Gasteiger partial charge in [0.15, 0.2) is 5.96 Å². The Morgan fingerprint density at radius 3 is 2.48 bits per heavy atom. The van der Waals surface area contributed by atoms with E-state index in [1.165, 1.54) is 32.5 Å². The van der Waals surface area contributed by atoms with Gasteiger partial charge >= 0.3 is 0 Å². The van der Waals surface area contributed by atoms with Crippen molar-refractivity contribution in [3.05, 3.63) is 0 Å². The highest BCUT2D eigenvalue weighted by atomic mass is 16.3. The van der Waals surface area contributed by atoms with Crippen LogP contribution < -0.4 is 10.6 Å². The lowest BCUT2D eigenvalue weighted by Gasteiger charge is -2.34. The van der Waals surface area contributed by atoms with Crippen LogP contribution in [0.15, 0.2) is 4.99 Å². The molecule has 1 saturated carbocycles. The molecule has 23 heavy (non-hydrogen) atoms. The maximum Gasteiger partial charge on any atom is 0.191 e. The molecule has 0 spiro atoms. The van der Waals surface area contributed by atoms with Crippen LogP contribution in [0.1, 0.15) is 59.3 Å². The molecule has 0 atom stereocenters. The summed E-state index contributed by atoms with van der Waals surface area (Å²) in [5, 5.41) is 17.4. The molecule has 5 heteroatoms. The number of piperidine rings is 1. The number of hydrogen-bond acceptors (Lipinski definition) is 3. The van der Waals surface area contributed by atoms with Crippen molar-refractivity contribution < 1.29 is 5.11 Å². The second-order valence-corrected chi connectivity index (χ2v) is 7.74. The Morgan fingerprint density at radius 2 is 1.91 bits per heavy atom. The number of aliphatic imine (C=N–C) groups is 1. The predicted octanol–water partition coefficient (Wildman–Crippen LogP) is 1.97. The number of nitrogens with one attached hydrogen (secondary N) is 2. The van der Waals surface area contributed by atoms with E-state index in [1.54, 1.807) is 0 Å². The lowest BCUT2D eigenvalue weighted by Crippen LogP contribution is -2.49. The number of guanidine groups is 1. The van der Waals surface area contributed by atoms with Crippen molar-refractivity contribution >= 4 is 5.96 Å². The van der Waals surface area contributed by atoms with Crippen LogP contribution in [-0.2, 0) is 0 Å². The molecule has 0 aromatic heterocycles. The van der Waals surface area contributed by atoms with E-state index >= 15 is 0 Å². The molecule has 2 rings (SSSR count). The average molecular weight is 325 g/mol. The minimum atomic E-state index is -0.566. The van der Waals surface area contributed by atoms with Gasteiger partial charge in [-0.2, -0.15) is 0 Å². The Labute approximate surface area is 141 Å². The molecule has 5 nitrogen and oxygen atoms in total. The quantitative estimate of drug-likeness (QED) is 0.516. The van der Waals surface area contributed by atoms with Gasteiger partial charge in [-0.25, -0.2) is 0 Å². The third-order valence-electron chi connectivity index (χ3n) is 4.96. The first-order chi connectivity index (χ1) is 11.0. The monoisotopic (exact) mass is 324 g/mol. The highest BCUT2D eigenvalue weighted by Crippen LogP contribution is 2.29. The molecule has 2 fully saturated rings. The van der Waals surface area contributed by atoms with E-state index in [1.807, 2.05) is 0 Å². The Kier molecular flexibility index (Phi) is 7.15. The highest BCUT2D eigenvalue weighted by Gasteiger charge is 2.31. The second kappa shape index (κ2) is 8.88. The molecule has 134 valence electrons. The first-order valence-corrected chi connectivity index (χ1v) is 9.50. The van der Waals surface area contributed by atoms with Crippen LogP contribution in [0, 0.1) is 5.92 Å². The fraction of sp³-hybridized carbons (Fsp3) is 0.944. The summed E-state index contributed by atoms with van der Waals surface area (Å²) in [6.07, 6.45) is 6.38. The van der Waals surface area contributed by atoms with E-state index in [9.17, 15) is 5.11 Å². The first-order valence-electron chi connectivity index (χ1n) is 9.50. The molecule has 0 amide bonds. The zero-order valence-electron chi connectivity index (χ0n) is 15.3. The number of hydrogen-bond donors (Lipinski definition) is 3. The molecule has 0 bridgehead atoms. The summed E-state index contributed by atoms with van der Waals surface area (Å²) in [6, 6.07) is 0.495. The lowest BCUT2D eigenvalue weighted by atomic mass is 10.0. The molecular formula is C18H36N4O. The molecular weight excluding hydrogens is 288 g/mol. The van der Waals surface area contributed by atoms with Crippen LogP contribution in [0.2, 0.25) is 0 Å². The normalized spacial score (nSPS) is 23.4. The van der Waals surface area contributed by atoms with Gasteiger partial charge in [0, 0.05) is 32.2 Å². The van der Waals surface area contributed by atoms with E-state index in [0.29, 0.717) is 12.6 Å². The van der Waals surface area contributed by atoms with Crippen molar-refractivity contribution in [3.8, 4) is 0 Å². The van der Waals surface area contributed by atoms with Crippen molar-refractivity contribution in [2.75, 3.05) is 32.7 Å². The Hall–Kier alpha value is -0.810. The van der Waals surface area contributed by atoms with E-state index in [0.717, 1.165) is 44.1 Å². The van der Waals surface area contributed by atoms with Crippen molar-refractivity contribution in [2.24, 2.45) is 10.9 Å². The second-order valence-electron chi connectivity index (χ2n) is 7.74. The summed E-state index contributed by atoms with van der Waals surface area (Å²) in [4.78, 5) is 7.22. The fourth-order valence-corrected chi connectivity index (χ4v) is 3.71. The Bertz CT molecular complexity index is 369. The van der Waals surface area contributed by atoms with Crippen molar-refractivity contribution in [3.63, 3.8) is 0 Å². The standard InChI is InChI=1S/C18H36N4O/c1-4-19-17(20-14-18(23)9-5-6-10-18)21-16-7-11-22(12-8-16)13-15(2)3/h15-16,23H,4-14H2,1-3H3,(H2,19,20,21). The van der Waals surface area contributed by atoms with Gasteiger partial charge in [-0.3, -0.25) is 4.99 Å². The summed E-state index contributed by atoms with van der Waals surface area (Å²) in [5.41, 5.74) is -0.566. The number of aliphatic hydroxyl groups is 1. The van der Waals surface area contributed by atoms with E-state index in [-0.39, 0.29) is 0 Å². The molecule has 1 saturated heterocycles. The Balaban J connectivity index is 1.80. The van der Waals surface area contributed by atoms with Crippen molar-refractivity contribution in [2.45, 2.75) is 70.9 Å². The minimum Gasteiger partial charge on any atom is -0.388 e. The zero-order chi connectivity index (χ0) is 16.7. The summed E-state index contributed by atoms with van der Waals surface area (Å²) in [6.45, 7) is 11.6. The molecule has 0 aromatic rings. The van der Waals surface area contributed by atoms with Gasteiger partial charge in [0.2, 0.25) is 0 Å². The summed E-state index contributed by atoms with van der Waals surface area (Å²) >= 11 is 0. The van der Waals surface area contributed by atoms with E-state index in [4.69, 9.17) is 0 Å². The average Bonchev–Trinajstić information content (AvgIpc) is 2.94. The van der Waals surface area contributed by atoms with Crippen LogP contribution in [-0.4, -0.2) is 60.3 Å². The first kappa shape index (κ1) is 18.5. The molecule has 0 radical (unpaired) electrons. The third kappa shape index (κ3) is 6.30. The van der Waals surface area contributed by atoms with Gasteiger partial charge in [0.1, 0.15) is 0 Å². The largest absolute Gasteiger partial charge is 0.388 e. The van der Waals surface area contributed by atoms with Crippen LogP contribution in [0.25, 0.3) is 0 Å². The fourth-order valence-electron chi connectivity index (χ4n) is 3.71.